The number of nitrogens with zero attached hydrogens (tertiary/aromatic N) is 2. The zero-order valence-corrected chi connectivity index (χ0v) is 12.1. The third-order valence-corrected chi connectivity index (χ3v) is 4.43. The highest BCUT2D eigenvalue weighted by Crippen LogP contribution is 2.40. The minimum atomic E-state index is -0.0218. The molecule has 1 aromatic heterocycles. The number of amides is 1. The van der Waals surface area contributed by atoms with E-state index in [0.29, 0.717) is 19.1 Å². The van der Waals surface area contributed by atoms with E-state index in [4.69, 9.17) is 9.72 Å². The summed E-state index contributed by atoms with van der Waals surface area (Å²) in [6.45, 7) is 1.21. The van der Waals surface area contributed by atoms with Gasteiger partial charge in [-0.1, -0.05) is 0 Å². The van der Waals surface area contributed by atoms with Crippen molar-refractivity contribution in [3.05, 3.63) is 24.0 Å². The molecule has 0 spiro atoms. The summed E-state index contributed by atoms with van der Waals surface area (Å²) in [7, 11) is 2.07. The molecule has 4 rings (SSSR count). The first-order valence-corrected chi connectivity index (χ1v) is 7.57. The second-order valence-electron chi connectivity index (χ2n) is 6.06. The highest BCUT2D eigenvalue weighted by molar-refractivity contribution is 5.94. The Labute approximate surface area is 123 Å². The van der Waals surface area contributed by atoms with E-state index in [2.05, 4.69) is 16.9 Å². The number of anilines is 1. The molecule has 0 bridgehead atoms. The van der Waals surface area contributed by atoms with Crippen molar-refractivity contribution in [3.63, 3.8) is 0 Å². The Bertz CT molecular complexity index is 697. The van der Waals surface area contributed by atoms with E-state index in [9.17, 15) is 4.79 Å². The zero-order valence-electron chi connectivity index (χ0n) is 12.1. The monoisotopic (exact) mass is 285 g/mol. The number of hydrogen-bond donors (Lipinski definition) is 1. The fourth-order valence-corrected chi connectivity index (χ4v) is 2.99. The van der Waals surface area contributed by atoms with Crippen molar-refractivity contribution in [2.45, 2.75) is 25.2 Å². The van der Waals surface area contributed by atoms with Gasteiger partial charge in [-0.3, -0.25) is 4.79 Å². The van der Waals surface area contributed by atoms with Crippen LogP contribution < -0.4 is 5.32 Å². The van der Waals surface area contributed by atoms with Crippen LogP contribution in [0.15, 0.2) is 18.2 Å². The highest BCUT2D eigenvalue weighted by atomic mass is 16.5. The Morgan fingerprint density at radius 2 is 2.24 bits per heavy atom. The number of aryl methyl sites for hydroxylation is 1. The molecule has 1 aromatic carbocycles. The summed E-state index contributed by atoms with van der Waals surface area (Å²) in [4.78, 5) is 16.9. The first-order valence-electron chi connectivity index (χ1n) is 7.57. The summed E-state index contributed by atoms with van der Waals surface area (Å²) in [6.07, 6.45) is 3.29. The Kier molecular flexibility index (Phi) is 2.96. The largest absolute Gasteiger partial charge is 0.381 e. The normalized spacial score (nSPS) is 21.9. The molecule has 2 fully saturated rings. The molecule has 5 nitrogen and oxygen atoms in total. The lowest BCUT2D eigenvalue weighted by Crippen LogP contribution is -2.22. The van der Waals surface area contributed by atoms with Crippen molar-refractivity contribution >= 4 is 22.6 Å². The van der Waals surface area contributed by atoms with Gasteiger partial charge in [0.25, 0.3) is 0 Å². The molecule has 1 aliphatic heterocycles. The number of rotatable bonds is 3. The van der Waals surface area contributed by atoms with Crippen molar-refractivity contribution in [1.29, 1.82) is 0 Å². The number of imidazole rings is 1. The molecule has 1 saturated heterocycles. The summed E-state index contributed by atoms with van der Waals surface area (Å²) in [5.41, 5.74) is 2.90. The van der Waals surface area contributed by atoms with Crippen LogP contribution in [0.25, 0.3) is 11.0 Å². The summed E-state index contributed by atoms with van der Waals surface area (Å²) < 4.78 is 7.43. The van der Waals surface area contributed by atoms with Gasteiger partial charge in [-0.2, -0.15) is 0 Å². The molecule has 1 atom stereocenters. The van der Waals surface area contributed by atoms with Gasteiger partial charge >= 0.3 is 0 Å². The Hall–Kier alpha value is -1.88. The van der Waals surface area contributed by atoms with E-state index in [-0.39, 0.29) is 11.8 Å². The molecule has 0 unspecified atom stereocenters. The quantitative estimate of drug-likeness (QED) is 0.942. The number of hydrogen-bond acceptors (Lipinski definition) is 3. The first-order chi connectivity index (χ1) is 10.2. The molecule has 110 valence electrons. The fourth-order valence-electron chi connectivity index (χ4n) is 2.99. The van der Waals surface area contributed by atoms with E-state index >= 15 is 0 Å². The molecule has 21 heavy (non-hydrogen) atoms. The maximum absolute atomic E-state index is 12.1. The van der Waals surface area contributed by atoms with Crippen LogP contribution in [0, 0.1) is 5.92 Å². The van der Waals surface area contributed by atoms with E-state index in [0.717, 1.165) is 29.0 Å². The number of nitrogens with one attached hydrogen (secondary N) is 1. The van der Waals surface area contributed by atoms with Crippen molar-refractivity contribution in [2.24, 2.45) is 13.0 Å². The van der Waals surface area contributed by atoms with Gasteiger partial charge in [0.1, 0.15) is 5.82 Å². The molecule has 1 N–H and O–H groups in total. The van der Waals surface area contributed by atoms with E-state index < -0.39 is 0 Å². The second kappa shape index (κ2) is 4.84. The van der Waals surface area contributed by atoms with E-state index in [1.165, 1.54) is 12.8 Å². The van der Waals surface area contributed by atoms with Crippen molar-refractivity contribution in [2.75, 3.05) is 18.5 Å². The van der Waals surface area contributed by atoms with Crippen LogP contribution in [0.2, 0.25) is 0 Å². The third-order valence-electron chi connectivity index (χ3n) is 4.43. The Balaban J connectivity index is 1.59. The van der Waals surface area contributed by atoms with Gasteiger partial charge in [-0.15, -0.1) is 0 Å². The molecule has 2 aromatic rings. The van der Waals surface area contributed by atoms with Crippen LogP contribution in [0.5, 0.6) is 0 Å². The standard InChI is InChI=1S/C16H19N3O2/c1-19-14-5-4-12(17-16(20)11-6-7-21-9-11)8-13(14)18-15(19)10-2-3-10/h4-5,8,10-11H,2-3,6-7,9H2,1H3,(H,17,20)/t11-/m0/s1. The third kappa shape index (κ3) is 2.31. The number of carbonyl (C=O) groups excluding carboxylic acids is 1. The van der Waals surface area contributed by atoms with Gasteiger partial charge in [0.2, 0.25) is 5.91 Å². The maximum Gasteiger partial charge on any atom is 0.229 e. The number of fused-ring (bicyclic) bond motifs is 1. The number of ether oxygens (including phenoxy) is 1. The van der Waals surface area contributed by atoms with Crippen molar-refractivity contribution < 1.29 is 9.53 Å². The number of benzene rings is 1. The van der Waals surface area contributed by atoms with E-state index in [1.807, 2.05) is 18.2 Å². The summed E-state index contributed by atoms with van der Waals surface area (Å²) in [6, 6.07) is 5.96. The minimum absolute atomic E-state index is 0.0218. The van der Waals surface area contributed by atoms with Crippen LogP contribution >= 0.6 is 0 Å². The van der Waals surface area contributed by atoms with Crippen LogP contribution in [0.4, 0.5) is 5.69 Å². The van der Waals surface area contributed by atoms with Crippen LogP contribution in [0.3, 0.4) is 0 Å². The molecular weight excluding hydrogens is 266 g/mol. The maximum atomic E-state index is 12.1. The molecule has 1 aliphatic carbocycles. The molecule has 1 saturated carbocycles. The molecule has 2 heterocycles. The van der Waals surface area contributed by atoms with Crippen molar-refractivity contribution in [1.82, 2.24) is 9.55 Å². The summed E-state index contributed by atoms with van der Waals surface area (Å²) in [5, 5.41) is 2.98. The lowest BCUT2D eigenvalue weighted by Gasteiger charge is -2.09. The molecule has 2 aliphatic rings. The van der Waals surface area contributed by atoms with Crippen LogP contribution in [-0.2, 0) is 16.6 Å². The molecule has 1 amide bonds. The molecule has 0 radical (unpaired) electrons. The molecule has 5 heteroatoms. The Morgan fingerprint density at radius 3 is 2.95 bits per heavy atom. The summed E-state index contributed by atoms with van der Waals surface area (Å²) in [5.74, 6) is 1.81. The SMILES string of the molecule is Cn1c(C2CC2)nc2cc(NC(=O)[C@H]3CCOC3)ccc21. The topological polar surface area (TPSA) is 56.2 Å². The van der Waals surface area contributed by atoms with Gasteiger partial charge in [0.05, 0.1) is 23.6 Å². The number of carbonyl (C=O) groups is 1. The van der Waals surface area contributed by atoms with Crippen LogP contribution in [-0.4, -0.2) is 28.7 Å². The van der Waals surface area contributed by atoms with Gasteiger partial charge in [0.15, 0.2) is 0 Å². The Morgan fingerprint density at radius 1 is 1.38 bits per heavy atom. The van der Waals surface area contributed by atoms with Crippen LogP contribution in [0.1, 0.15) is 31.0 Å². The number of aromatic nitrogens is 2. The second-order valence-corrected chi connectivity index (χ2v) is 6.06. The minimum Gasteiger partial charge on any atom is -0.381 e. The summed E-state index contributed by atoms with van der Waals surface area (Å²) >= 11 is 0. The fraction of sp³-hybridized carbons (Fsp3) is 0.500. The van der Waals surface area contributed by atoms with Gasteiger partial charge in [-0.25, -0.2) is 4.98 Å². The smallest absolute Gasteiger partial charge is 0.229 e. The van der Waals surface area contributed by atoms with Gasteiger partial charge < -0.3 is 14.6 Å². The van der Waals surface area contributed by atoms with Gasteiger partial charge in [0, 0.05) is 25.3 Å². The first kappa shape index (κ1) is 12.8. The lowest BCUT2D eigenvalue weighted by molar-refractivity contribution is -0.119. The predicted molar refractivity (Wildman–Crippen MR) is 80.2 cm³/mol. The zero-order chi connectivity index (χ0) is 14.4. The molecular formula is C16H19N3O2. The van der Waals surface area contributed by atoms with Crippen molar-refractivity contribution in [3.8, 4) is 0 Å². The average molecular weight is 285 g/mol. The average Bonchev–Trinajstić information content (AvgIpc) is 3.06. The lowest BCUT2D eigenvalue weighted by atomic mass is 10.1. The van der Waals surface area contributed by atoms with Gasteiger partial charge in [-0.05, 0) is 37.5 Å². The predicted octanol–water partition coefficient (Wildman–Crippen LogP) is 2.43. The van der Waals surface area contributed by atoms with E-state index in [1.54, 1.807) is 0 Å². The highest BCUT2D eigenvalue weighted by Gasteiger charge is 2.28.